The van der Waals surface area contributed by atoms with Crippen LogP contribution < -0.4 is 0 Å². The van der Waals surface area contributed by atoms with E-state index in [1.165, 1.54) is 0 Å². The first kappa shape index (κ1) is 15.8. The van der Waals surface area contributed by atoms with E-state index in [-0.39, 0.29) is 17.1 Å². The van der Waals surface area contributed by atoms with Gasteiger partial charge in [-0.25, -0.2) is 0 Å². The molecule has 0 amide bonds. The molecule has 0 aromatic heterocycles. The van der Waals surface area contributed by atoms with Gasteiger partial charge in [0.05, 0.1) is 0 Å². The minimum absolute atomic E-state index is 0. The zero-order chi connectivity index (χ0) is 7.15. The van der Waals surface area contributed by atoms with Gasteiger partial charge in [-0.3, -0.25) is 9.59 Å². The molecule has 2 N–H and O–H groups in total. The van der Waals surface area contributed by atoms with Crippen molar-refractivity contribution in [2.45, 2.75) is 13.8 Å². The van der Waals surface area contributed by atoms with Crippen molar-refractivity contribution in [3.05, 3.63) is 0 Å². The van der Waals surface area contributed by atoms with E-state index in [2.05, 4.69) is 0 Å². The molecule has 0 aliphatic carbocycles. The van der Waals surface area contributed by atoms with E-state index in [4.69, 9.17) is 19.8 Å². The van der Waals surface area contributed by atoms with Crippen LogP contribution in [0.4, 0.5) is 0 Å². The molecular formula is C4H8CuO4. The Morgan fingerprint density at radius 1 is 1.00 bits per heavy atom. The second-order valence-electron chi connectivity index (χ2n) is 1.04. The summed E-state index contributed by atoms with van der Waals surface area (Å²) in [6.45, 7) is 2.17. The molecule has 0 aliphatic rings. The van der Waals surface area contributed by atoms with Crippen molar-refractivity contribution in [2.75, 3.05) is 0 Å². The van der Waals surface area contributed by atoms with Crippen molar-refractivity contribution in [2.24, 2.45) is 0 Å². The third kappa shape index (κ3) is 761. The van der Waals surface area contributed by atoms with Gasteiger partial charge >= 0.3 is 0 Å². The average Bonchev–Trinajstić information content (AvgIpc) is 1.25. The third-order valence-corrected chi connectivity index (χ3v) is 0. The van der Waals surface area contributed by atoms with Crippen molar-refractivity contribution < 1.29 is 36.9 Å². The predicted octanol–water partition coefficient (Wildman–Crippen LogP) is 0.179. The topological polar surface area (TPSA) is 74.6 Å². The Hall–Kier alpha value is -0.541. The van der Waals surface area contributed by atoms with Crippen molar-refractivity contribution in [3.63, 3.8) is 0 Å². The summed E-state index contributed by atoms with van der Waals surface area (Å²) >= 11 is 0. The second-order valence-corrected chi connectivity index (χ2v) is 1.04. The van der Waals surface area contributed by atoms with Crippen molar-refractivity contribution in [1.82, 2.24) is 0 Å². The number of carboxylic acids is 2. The number of hydrogen-bond acceptors (Lipinski definition) is 2. The first-order chi connectivity index (χ1) is 3.46. The number of aliphatic carboxylic acids is 2. The maximum atomic E-state index is 9.00. The van der Waals surface area contributed by atoms with Gasteiger partial charge in [-0.2, -0.15) is 0 Å². The minimum Gasteiger partial charge on any atom is -0.481 e. The Kier molecular flexibility index (Phi) is 18.3. The molecule has 0 aromatic carbocycles. The fourth-order valence-corrected chi connectivity index (χ4v) is 0. The fraction of sp³-hybridized carbons (Fsp3) is 0.500. The summed E-state index contributed by atoms with van der Waals surface area (Å²) in [6, 6.07) is 0. The van der Waals surface area contributed by atoms with E-state index in [0.717, 1.165) is 13.8 Å². The summed E-state index contributed by atoms with van der Waals surface area (Å²) in [5.74, 6) is -1.67. The monoisotopic (exact) mass is 183 g/mol. The van der Waals surface area contributed by atoms with Crippen LogP contribution in [-0.4, -0.2) is 22.2 Å². The van der Waals surface area contributed by atoms with Gasteiger partial charge in [0.2, 0.25) is 0 Å². The van der Waals surface area contributed by atoms with Crippen LogP contribution in [0.5, 0.6) is 0 Å². The Morgan fingerprint density at radius 2 is 1.00 bits per heavy atom. The van der Waals surface area contributed by atoms with E-state index in [1.54, 1.807) is 0 Å². The standard InChI is InChI=1S/2C2H4O2.Cu/c2*1-2(3)4;/h2*1H3,(H,3,4);. The van der Waals surface area contributed by atoms with Crippen molar-refractivity contribution in [3.8, 4) is 0 Å². The van der Waals surface area contributed by atoms with Crippen molar-refractivity contribution >= 4 is 11.9 Å². The predicted molar refractivity (Wildman–Crippen MR) is 26.6 cm³/mol. The smallest absolute Gasteiger partial charge is 0.300 e. The van der Waals surface area contributed by atoms with Crippen LogP contribution in [0.2, 0.25) is 0 Å². The SMILES string of the molecule is CC(=O)O.CC(=O)O.[Cu]. The van der Waals surface area contributed by atoms with Gasteiger partial charge < -0.3 is 10.2 Å². The van der Waals surface area contributed by atoms with E-state index in [9.17, 15) is 0 Å². The number of carbonyl (C=O) groups is 2. The molecule has 5 heteroatoms. The molecule has 0 rings (SSSR count). The van der Waals surface area contributed by atoms with Crippen LogP contribution >= 0.6 is 0 Å². The molecule has 0 spiro atoms. The fourth-order valence-electron chi connectivity index (χ4n) is 0. The van der Waals surface area contributed by atoms with Crippen molar-refractivity contribution in [1.29, 1.82) is 0 Å². The first-order valence-corrected chi connectivity index (χ1v) is 1.86. The maximum Gasteiger partial charge on any atom is 0.300 e. The van der Waals surface area contributed by atoms with Crippen LogP contribution in [-0.2, 0) is 26.7 Å². The van der Waals surface area contributed by atoms with Gasteiger partial charge in [0.15, 0.2) is 0 Å². The molecular weight excluding hydrogens is 176 g/mol. The Labute approximate surface area is 63.3 Å². The van der Waals surface area contributed by atoms with Crippen LogP contribution in [0.25, 0.3) is 0 Å². The Balaban J connectivity index is -0.0000000720. The van der Waals surface area contributed by atoms with Crippen LogP contribution in [0.1, 0.15) is 13.8 Å². The molecule has 59 valence electrons. The van der Waals surface area contributed by atoms with Gasteiger partial charge in [0.1, 0.15) is 0 Å². The summed E-state index contributed by atoms with van der Waals surface area (Å²) < 4.78 is 0. The number of rotatable bonds is 0. The van der Waals surface area contributed by atoms with Gasteiger partial charge in [-0.1, -0.05) is 0 Å². The van der Waals surface area contributed by atoms with Gasteiger partial charge in [0, 0.05) is 30.9 Å². The molecule has 9 heavy (non-hydrogen) atoms. The summed E-state index contributed by atoms with van der Waals surface area (Å²) in [5, 5.41) is 14.8. The summed E-state index contributed by atoms with van der Waals surface area (Å²) in [4.78, 5) is 18.0. The zero-order valence-corrected chi connectivity index (χ0v) is 5.95. The minimum atomic E-state index is -0.833. The first-order valence-electron chi connectivity index (χ1n) is 1.86. The Morgan fingerprint density at radius 3 is 1.00 bits per heavy atom. The quantitative estimate of drug-likeness (QED) is 0.526. The third-order valence-electron chi connectivity index (χ3n) is 0. The summed E-state index contributed by atoms with van der Waals surface area (Å²) in [6.07, 6.45) is 0. The molecule has 0 heterocycles. The number of hydrogen-bond donors (Lipinski definition) is 2. The molecule has 0 aromatic rings. The zero-order valence-electron chi connectivity index (χ0n) is 5.01. The molecule has 4 nitrogen and oxygen atoms in total. The molecule has 0 saturated heterocycles. The van der Waals surface area contributed by atoms with Gasteiger partial charge in [-0.15, -0.1) is 0 Å². The van der Waals surface area contributed by atoms with Crippen LogP contribution in [0.15, 0.2) is 0 Å². The normalized spacial score (nSPS) is 5.56. The molecule has 0 unspecified atom stereocenters. The van der Waals surface area contributed by atoms with E-state index in [1.807, 2.05) is 0 Å². The van der Waals surface area contributed by atoms with E-state index < -0.39 is 11.9 Å². The van der Waals surface area contributed by atoms with Crippen LogP contribution in [0.3, 0.4) is 0 Å². The van der Waals surface area contributed by atoms with Gasteiger partial charge in [0.25, 0.3) is 11.9 Å². The number of carboxylic acid groups (broad SMARTS) is 2. The van der Waals surface area contributed by atoms with Crippen LogP contribution in [0, 0.1) is 0 Å². The Bertz CT molecular complexity index is 70.6. The summed E-state index contributed by atoms with van der Waals surface area (Å²) in [7, 11) is 0. The average molecular weight is 184 g/mol. The van der Waals surface area contributed by atoms with E-state index >= 15 is 0 Å². The molecule has 0 atom stereocenters. The summed E-state index contributed by atoms with van der Waals surface area (Å²) in [5.41, 5.74) is 0. The molecule has 0 saturated carbocycles. The molecule has 0 bridgehead atoms. The largest absolute Gasteiger partial charge is 0.481 e. The van der Waals surface area contributed by atoms with Gasteiger partial charge in [-0.05, 0) is 0 Å². The molecule has 0 aliphatic heterocycles. The van der Waals surface area contributed by atoms with E-state index in [0.29, 0.717) is 0 Å². The molecule has 0 fully saturated rings. The molecule has 1 radical (unpaired) electrons. The second kappa shape index (κ2) is 10.4. The maximum absolute atomic E-state index is 9.00.